The Kier molecular flexibility index (Phi) is 4.51. The van der Waals surface area contributed by atoms with Crippen LogP contribution in [0.25, 0.3) is 0 Å². The number of rotatable bonds is 3. The van der Waals surface area contributed by atoms with Gasteiger partial charge in [-0.3, -0.25) is 0 Å². The van der Waals surface area contributed by atoms with Crippen molar-refractivity contribution in [3.8, 4) is 0 Å². The van der Waals surface area contributed by atoms with Crippen LogP contribution in [0, 0.1) is 0 Å². The zero-order valence-electron chi connectivity index (χ0n) is 7.03. The van der Waals surface area contributed by atoms with Crippen molar-refractivity contribution in [1.82, 2.24) is 0 Å². The number of aliphatic hydroxyl groups excluding tert-OH is 1. The van der Waals surface area contributed by atoms with Gasteiger partial charge in [0.1, 0.15) is 5.76 Å². The summed E-state index contributed by atoms with van der Waals surface area (Å²) in [6, 6.07) is 0. The molecule has 0 unspecified atom stereocenters. The molecule has 0 fully saturated rings. The van der Waals surface area contributed by atoms with Gasteiger partial charge in [0, 0.05) is 6.42 Å². The standard InChI is InChI=1S/C8H10F4O/c1-2-7(13)6(9)4-3-5-8(10,11)12/h3-4,13H,2,5H2,1H3/b4-3-,7-6-. The summed E-state index contributed by atoms with van der Waals surface area (Å²) in [7, 11) is 0. The Labute approximate surface area is 73.4 Å². The molecule has 1 nitrogen and oxygen atoms in total. The van der Waals surface area contributed by atoms with Crippen molar-refractivity contribution in [2.75, 3.05) is 0 Å². The van der Waals surface area contributed by atoms with Crippen molar-refractivity contribution >= 4 is 0 Å². The molecular weight excluding hydrogens is 188 g/mol. The van der Waals surface area contributed by atoms with Gasteiger partial charge in [0.2, 0.25) is 0 Å². The molecule has 0 aliphatic heterocycles. The van der Waals surface area contributed by atoms with Crippen molar-refractivity contribution in [2.45, 2.75) is 25.9 Å². The fourth-order valence-corrected chi connectivity index (χ4v) is 0.561. The molecule has 0 heterocycles. The highest BCUT2D eigenvalue weighted by Crippen LogP contribution is 2.20. The molecule has 13 heavy (non-hydrogen) atoms. The lowest BCUT2D eigenvalue weighted by Crippen LogP contribution is -2.04. The van der Waals surface area contributed by atoms with Crippen molar-refractivity contribution < 1.29 is 22.7 Å². The molecule has 0 saturated heterocycles. The molecule has 5 heteroatoms. The van der Waals surface area contributed by atoms with Crippen LogP contribution >= 0.6 is 0 Å². The quantitative estimate of drug-likeness (QED) is 0.417. The van der Waals surface area contributed by atoms with Crippen molar-refractivity contribution in [2.24, 2.45) is 0 Å². The van der Waals surface area contributed by atoms with Crippen LogP contribution in [0.3, 0.4) is 0 Å². The lowest BCUT2D eigenvalue weighted by atomic mass is 10.3. The van der Waals surface area contributed by atoms with Crippen molar-refractivity contribution in [3.05, 3.63) is 23.7 Å². The SMILES string of the molecule is CC/C(O)=C(F)\C=C/CC(F)(F)F. The van der Waals surface area contributed by atoms with Gasteiger partial charge < -0.3 is 5.11 Å². The topological polar surface area (TPSA) is 20.2 Å². The Morgan fingerprint density at radius 1 is 1.38 bits per heavy atom. The van der Waals surface area contributed by atoms with Crippen LogP contribution in [0.5, 0.6) is 0 Å². The minimum absolute atomic E-state index is 0.0577. The Morgan fingerprint density at radius 3 is 2.31 bits per heavy atom. The van der Waals surface area contributed by atoms with E-state index in [4.69, 9.17) is 5.11 Å². The minimum Gasteiger partial charge on any atom is -0.509 e. The monoisotopic (exact) mass is 198 g/mol. The number of aliphatic hydroxyl groups is 1. The van der Waals surface area contributed by atoms with Gasteiger partial charge in [0.25, 0.3) is 0 Å². The zero-order chi connectivity index (χ0) is 10.5. The number of allylic oxidation sites excluding steroid dienone is 4. The molecule has 0 aliphatic rings. The first-order valence-corrected chi connectivity index (χ1v) is 3.67. The molecule has 0 aromatic rings. The summed E-state index contributed by atoms with van der Waals surface area (Å²) < 4.78 is 47.2. The summed E-state index contributed by atoms with van der Waals surface area (Å²) in [6.45, 7) is 1.49. The second kappa shape index (κ2) is 4.89. The number of hydrogen-bond acceptors (Lipinski definition) is 1. The van der Waals surface area contributed by atoms with E-state index < -0.39 is 24.2 Å². The third kappa shape index (κ3) is 6.19. The van der Waals surface area contributed by atoms with Gasteiger partial charge in [-0.15, -0.1) is 0 Å². The summed E-state index contributed by atoms with van der Waals surface area (Å²) in [5, 5.41) is 8.73. The molecule has 0 amide bonds. The first kappa shape index (κ1) is 12.0. The lowest BCUT2D eigenvalue weighted by molar-refractivity contribution is -0.125. The number of alkyl halides is 3. The van der Waals surface area contributed by atoms with E-state index in [1.54, 1.807) is 0 Å². The molecule has 0 rings (SSSR count). The van der Waals surface area contributed by atoms with Crippen LogP contribution in [0.2, 0.25) is 0 Å². The summed E-state index contributed by atoms with van der Waals surface area (Å²) >= 11 is 0. The molecule has 0 saturated carbocycles. The number of halogens is 4. The Balaban J connectivity index is 4.14. The molecule has 0 atom stereocenters. The normalized spacial score (nSPS) is 14.8. The van der Waals surface area contributed by atoms with E-state index in [0.717, 1.165) is 0 Å². The molecule has 0 spiro atoms. The van der Waals surface area contributed by atoms with Gasteiger partial charge in [-0.25, -0.2) is 4.39 Å². The van der Waals surface area contributed by atoms with E-state index in [1.807, 2.05) is 0 Å². The van der Waals surface area contributed by atoms with Crippen LogP contribution in [-0.4, -0.2) is 11.3 Å². The van der Waals surface area contributed by atoms with E-state index in [0.29, 0.717) is 12.2 Å². The predicted molar refractivity (Wildman–Crippen MR) is 40.9 cm³/mol. The smallest absolute Gasteiger partial charge is 0.392 e. The predicted octanol–water partition coefficient (Wildman–Crippen LogP) is 3.64. The summed E-state index contributed by atoms with van der Waals surface area (Å²) in [5.74, 6) is -1.56. The van der Waals surface area contributed by atoms with Crippen molar-refractivity contribution in [3.63, 3.8) is 0 Å². The summed E-state index contributed by atoms with van der Waals surface area (Å²) in [6.07, 6.45) is -4.23. The second-order valence-electron chi connectivity index (χ2n) is 2.37. The fraction of sp³-hybridized carbons (Fsp3) is 0.500. The molecule has 0 aromatic heterocycles. The van der Waals surface area contributed by atoms with Gasteiger partial charge in [-0.1, -0.05) is 13.0 Å². The van der Waals surface area contributed by atoms with Gasteiger partial charge in [-0.05, 0) is 6.08 Å². The summed E-state index contributed by atoms with van der Waals surface area (Å²) in [4.78, 5) is 0. The van der Waals surface area contributed by atoms with Crippen LogP contribution in [0.15, 0.2) is 23.7 Å². The van der Waals surface area contributed by atoms with E-state index in [-0.39, 0.29) is 6.42 Å². The van der Waals surface area contributed by atoms with E-state index in [1.165, 1.54) is 6.92 Å². The molecule has 0 aliphatic carbocycles. The van der Waals surface area contributed by atoms with E-state index >= 15 is 0 Å². The first-order valence-electron chi connectivity index (χ1n) is 3.67. The third-order valence-corrected chi connectivity index (χ3v) is 1.22. The molecular formula is C8H10F4O. The van der Waals surface area contributed by atoms with Crippen LogP contribution in [0.4, 0.5) is 17.6 Å². The Morgan fingerprint density at radius 2 is 1.92 bits per heavy atom. The molecule has 0 bridgehead atoms. The van der Waals surface area contributed by atoms with Gasteiger partial charge in [-0.2, -0.15) is 13.2 Å². The average molecular weight is 198 g/mol. The fourth-order valence-electron chi connectivity index (χ4n) is 0.561. The second-order valence-corrected chi connectivity index (χ2v) is 2.37. The maximum absolute atomic E-state index is 12.5. The zero-order valence-corrected chi connectivity index (χ0v) is 7.03. The molecule has 76 valence electrons. The third-order valence-electron chi connectivity index (χ3n) is 1.22. The van der Waals surface area contributed by atoms with E-state index in [9.17, 15) is 17.6 Å². The highest BCUT2D eigenvalue weighted by atomic mass is 19.4. The average Bonchev–Trinajstić information content (AvgIpc) is 2.00. The van der Waals surface area contributed by atoms with Crippen LogP contribution in [-0.2, 0) is 0 Å². The van der Waals surface area contributed by atoms with Gasteiger partial charge in [0.05, 0.1) is 6.42 Å². The van der Waals surface area contributed by atoms with Gasteiger partial charge in [0.15, 0.2) is 5.83 Å². The number of hydrogen-bond donors (Lipinski definition) is 1. The Hall–Kier alpha value is -1.00. The summed E-state index contributed by atoms with van der Waals surface area (Å²) in [5.41, 5.74) is 0. The maximum atomic E-state index is 12.5. The Bertz CT molecular complexity index is 215. The van der Waals surface area contributed by atoms with Crippen LogP contribution < -0.4 is 0 Å². The van der Waals surface area contributed by atoms with E-state index in [2.05, 4.69) is 0 Å². The van der Waals surface area contributed by atoms with Crippen LogP contribution in [0.1, 0.15) is 19.8 Å². The first-order chi connectivity index (χ1) is 5.87. The highest BCUT2D eigenvalue weighted by molar-refractivity contribution is 5.14. The minimum atomic E-state index is -4.33. The maximum Gasteiger partial charge on any atom is 0.392 e. The largest absolute Gasteiger partial charge is 0.509 e. The van der Waals surface area contributed by atoms with Crippen molar-refractivity contribution in [1.29, 1.82) is 0 Å². The lowest BCUT2D eigenvalue weighted by Gasteiger charge is -2.00. The van der Waals surface area contributed by atoms with Gasteiger partial charge >= 0.3 is 6.18 Å². The molecule has 1 N–H and O–H groups in total. The highest BCUT2D eigenvalue weighted by Gasteiger charge is 2.24. The molecule has 0 aromatic carbocycles. The molecule has 0 radical (unpaired) electrons.